The molecule has 13 nitrogen and oxygen atoms in total. The second-order valence-corrected chi connectivity index (χ2v) is 11.9. The van der Waals surface area contributed by atoms with E-state index < -0.39 is 18.6 Å². The van der Waals surface area contributed by atoms with Gasteiger partial charge in [0.2, 0.25) is 0 Å². The van der Waals surface area contributed by atoms with Gasteiger partial charge in [-0.25, -0.2) is 14.6 Å². The summed E-state index contributed by atoms with van der Waals surface area (Å²) in [7, 11) is 1.70. The van der Waals surface area contributed by atoms with E-state index in [1.54, 1.807) is 24.6 Å². The summed E-state index contributed by atoms with van der Waals surface area (Å²) >= 11 is 1.41. The molecule has 2 aromatic rings. The van der Waals surface area contributed by atoms with E-state index in [0.717, 1.165) is 36.8 Å². The molecule has 0 unspecified atom stereocenters. The summed E-state index contributed by atoms with van der Waals surface area (Å²) in [6.45, 7) is 8.27. The average Bonchev–Trinajstić information content (AvgIpc) is 3.68. The number of benzene rings is 1. The molecule has 3 heterocycles. The number of nitrogens with zero attached hydrogens (tertiary/aromatic N) is 3. The minimum absolute atomic E-state index is 0.129. The van der Waals surface area contributed by atoms with E-state index in [4.69, 9.17) is 19.7 Å². The van der Waals surface area contributed by atoms with Gasteiger partial charge < -0.3 is 35.2 Å². The number of aromatic nitrogens is 1. The number of amides is 2. The van der Waals surface area contributed by atoms with E-state index in [0.29, 0.717) is 48.9 Å². The Kier molecular flexibility index (Phi) is 13.4. The van der Waals surface area contributed by atoms with Crippen molar-refractivity contribution >= 4 is 45.9 Å². The lowest BCUT2D eigenvalue weighted by molar-refractivity contribution is -0.134. The number of nitrogens with one attached hydrogen (secondary N) is 2. The van der Waals surface area contributed by atoms with E-state index in [-0.39, 0.29) is 36.4 Å². The molecule has 0 spiro atoms. The molecule has 2 fully saturated rings. The topological polar surface area (TPSA) is 171 Å². The predicted molar refractivity (Wildman–Crippen MR) is 167 cm³/mol. The Morgan fingerprint density at radius 1 is 1.18 bits per heavy atom. The number of hydrogen-bond acceptors (Lipinski definition) is 10. The lowest BCUT2D eigenvalue weighted by Gasteiger charge is -2.42. The van der Waals surface area contributed by atoms with Gasteiger partial charge in [-0.05, 0) is 44.4 Å². The number of thiazole rings is 1. The van der Waals surface area contributed by atoms with Crippen LogP contribution < -0.4 is 15.5 Å². The smallest absolute Gasteiger partial charge is 0.328 e. The van der Waals surface area contributed by atoms with E-state index in [1.807, 2.05) is 6.07 Å². The lowest BCUT2D eigenvalue weighted by atomic mass is 10.00. The molecule has 0 radical (unpaired) electrons. The third-order valence-electron chi connectivity index (χ3n) is 7.21. The highest BCUT2D eigenvalue weighted by atomic mass is 32.1. The number of carbonyl (C=O) groups is 4. The maximum absolute atomic E-state index is 13.1. The van der Waals surface area contributed by atoms with Crippen molar-refractivity contribution in [1.29, 1.82) is 0 Å². The highest BCUT2D eigenvalue weighted by Crippen LogP contribution is 2.27. The first-order valence-electron chi connectivity index (χ1n) is 14.4. The van der Waals surface area contributed by atoms with Crippen molar-refractivity contribution in [3.05, 3.63) is 52.6 Å². The first-order chi connectivity index (χ1) is 21.4. The van der Waals surface area contributed by atoms with E-state index in [9.17, 15) is 23.6 Å². The van der Waals surface area contributed by atoms with Crippen LogP contribution in [-0.4, -0.2) is 109 Å². The average molecular weight is 650 g/mol. The third-order valence-corrected chi connectivity index (χ3v) is 8.11. The molecule has 2 aliphatic heterocycles. The summed E-state index contributed by atoms with van der Waals surface area (Å²) in [4.78, 5) is 54.1. The second-order valence-electron chi connectivity index (χ2n) is 11.0. The fourth-order valence-electron chi connectivity index (χ4n) is 4.69. The number of rotatable bonds is 12. The Morgan fingerprint density at radius 3 is 2.53 bits per heavy atom. The van der Waals surface area contributed by atoms with Gasteiger partial charge in [0.15, 0.2) is 5.13 Å². The summed E-state index contributed by atoms with van der Waals surface area (Å²) in [6.07, 6.45) is 2.44. The highest BCUT2D eigenvalue weighted by Gasteiger charge is 2.31. The van der Waals surface area contributed by atoms with Crippen LogP contribution in [0.1, 0.15) is 53.1 Å². The molecule has 246 valence electrons. The lowest BCUT2D eigenvalue weighted by Crippen LogP contribution is -2.52. The molecule has 0 saturated carbocycles. The number of morpholine rings is 1. The molecule has 2 aliphatic rings. The van der Waals surface area contributed by atoms with Gasteiger partial charge >= 0.3 is 11.9 Å². The monoisotopic (exact) mass is 649 g/mol. The zero-order chi connectivity index (χ0) is 33.0. The second kappa shape index (κ2) is 17.0. The zero-order valence-electron chi connectivity index (χ0n) is 25.6. The van der Waals surface area contributed by atoms with Crippen molar-refractivity contribution < 1.29 is 43.3 Å². The van der Waals surface area contributed by atoms with Crippen LogP contribution in [0.4, 0.5) is 15.2 Å². The Labute approximate surface area is 265 Å². The standard InChI is InChI=1S/C26H36FN5O4S.C4H4O4/c1-26(2)17-36-12-11-32(26)14-18-5-6-21(20(13-18)23(33)28-9-4-8-27)29-24(34)22-16-37-25(30-22)31-10-7-19(15-31)35-3;5-3(6)1-2-4(7)8/h5-6,13,16,19H,4,7-12,14-15,17H2,1-3H3,(H,28,33)(H,29,34);1-2H,(H,5,6)(H,7,8)/t19-;/m0./s1. The minimum Gasteiger partial charge on any atom is -0.478 e. The van der Waals surface area contributed by atoms with Crippen molar-refractivity contribution in [2.24, 2.45) is 0 Å². The molecule has 1 aromatic heterocycles. The normalized spacial score (nSPS) is 17.9. The van der Waals surface area contributed by atoms with Gasteiger partial charge in [0.05, 0.1) is 37.2 Å². The number of anilines is 2. The Morgan fingerprint density at radius 2 is 1.91 bits per heavy atom. The molecule has 2 saturated heterocycles. The predicted octanol–water partition coefficient (Wildman–Crippen LogP) is 3.03. The largest absolute Gasteiger partial charge is 0.478 e. The molecule has 1 atom stereocenters. The van der Waals surface area contributed by atoms with Gasteiger partial charge in [-0.2, -0.15) is 0 Å². The molecule has 0 aliphatic carbocycles. The summed E-state index contributed by atoms with van der Waals surface area (Å²) < 4.78 is 23.6. The Bertz CT molecular complexity index is 1350. The van der Waals surface area contributed by atoms with Gasteiger partial charge in [-0.15, -0.1) is 11.3 Å². The SMILES string of the molecule is CO[C@H]1CCN(c2nc(C(=O)Nc3ccc(CN4CCOCC4(C)C)cc3C(=O)NCCCF)cs2)C1.O=C(O)C=CC(=O)O. The summed E-state index contributed by atoms with van der Waals surface area (Å²) in [5.41, 5.74) is 1.84. The number of hydrogen-bond donors (Lipinski definition) is 4. The maximum atomic E-state index is 13.1. The number of methoxy groups -OCH3 is 1. The summed E-state index contributed by atoms with van der Waals surface area (Å²) in [5.74, 6) is -3.25. The van der Waals surface area contributed by atoms with Crippen LogP contribution in [0.3, 0.4) is 0 Å². The first kappa shape index (κ1) is 35.6. The molecular formula is C30H40FN5O8S. The quantitative estimate of drug-likeness (QED) is 0.197. The molecule has 15 heteroatoms. The van der Waals surface area contributed by atoms with Crippen LogP contribution in [0.25, 0.3) is 0 Å². The van der Waals surface area contributed by atoms with Crippen LogP contribution in [0.15, 0.2) is 35.7 Å². The van der Waals surface area contributed by atoms with E-state index >= 15 is 0 Å². The molecule has 2 amide bonds. The zero-order valence-corrected chi connectivity index (χ0v) is 26.4. The van der Waals surface area contributed by atoms with Crippen molar-refractivity contribution in [3.8, 4) is 0 Å². The third kappa shape index (κ3) is 10.9. The summed E-state index contributed by atoms with van der Waals surface area (Å²) in [6, 6.07) is 5.47. The summed E-state index contributed by atoms with van der Waals surface area (Å²) in [5, 5.41) is 23.7. The fourth-order valence-corrected chi connectivity index (χ4v) is 5.53. The molecule has 4 rings (SSSR count). The van der Waals surface area contributed by atoms with Gasteiger partial charge in [-0.3, -0.25) is 18.9 Å². The van der Waals surface area contributed by atoms with Crippen molar-refractivity contribution in [1.82, 2.24) is 15.2 Å². The molecule has 0 bridgehead atoms. The number of carboxylic acids is 2. The van der Waals surface area contributed by atoms with Crippen molar-refractivity contribution in [3.63, 3.8) is 0 Å². The molecule has 45 heavy (non-hydrogen) atoms. The number of alkyl halides is 1. The Hall–Kier alpha value is -3.92. The highest BCUT2D eigenvalue weighted by molar-refractivity contribution is 7.14. The van der Waals surface area contributed by atoms with E-state index in [2.05, 4.69) is 39.3 Å². The molecular weight excluding hydrogens is 609 g/mol. The van der Waals surface area contributed by atoms with Crippen molar-refractivity contribution in [2.45, 2.75) is 44.9 Å². The fraction of sp³-hybridized carbons (Fsp3) is 0.500. The van der Waals surface area contributed by atoms with Gasteiger partial charge in [0.25, 0.3) is 11.8 Å². The van der Waals surface area contributed by atoms with Crippen LogP contribution >= 0.6 is 11.3 Å². The van der Waals surface area contributed by atoms with Crippen LogP contribution in [0.2, 0.25) is 0 Å². The van der Waals surface area contributed by atoms with Gasteiger partial charge in [0, 0.05) is 62.9 Å². The Balaban J connectivity index is 0.000000610. The van der Waals surface area contributed by atoms with Crippen LogP contribution in [-0.2, 0) is 25.6 Å². The number of carbonyl (C=O) groups excluding carboxylic acids is 2. The molecule has 4 N–H and O–H groups in total. The minimum atomic E-state index is -1.26. The maximum Gasteiger partial charge on any atom is 0.328 e. The van der Waals surface area contributed by atoms with Crippen LogP contribution in [0, 0.1) is 0 Å². The van der Waals surface area contributed by atoms with Crippen molar-refractivity contribution in [2.75, 3.05) is 63.4 Å². The first-order valence-corrected chi connectivity index (χ1v) is 15.3. The number of aliphatic carboxylic acids is 2. The number of ether oxygens (including phenoxy) is 2. The molecule has 1 aromatic carbocycles. The van der Waals surface area contributed by atoms with Gasteiger partial charge in [-0.1, -0.05) is 6.07 Å². The van der Waals surface area contributed by atoms with Gasteiger partial charge in [0.1, 0.15) is 5.69 Å². The number of halogens is 1. The number of carboxylic acid groups (broad SMARTS) is 2. The van der Waals surface area contributed by atoms with Crippen LogP contribution in [0.5, 0.6) is 0 Å². The van der Waals surface area contributed by atoms with E-state index in [1.165, 1.54) is 11.3 Å².